The summed E-state index contributed by atoms with van der Waals surface area (Å²) in [6.45, 7) is 4.89. The van der Waals surface area contributed by atoms with Gasteiger partial charge in [0.15, 0.2) is 5.65 Å². The van der Waals surface area contributed by atoms with Gasteiger partial charge in [-0.05, 0) is 19.1 Å². The van der Waals surface area contributed by atoms with Crippen molar-refractivity contribution >= 4 is 28.3 Å². The van der Waals surface area contributed by atoms with Gasteiger partial charge in [0, 0.05) is 56.1 Å². The second-order valence-electron chi connectivity index (χ2n) is 8.17. The molecule has 172 valence electrons. The molecule has 0 aliphatic carbocycles. The van der Waals surface area contributed by atoms with E-state index in [0.29, 0.717) is 43.9 Å². The van der Waals surface area contributed by atoms with Crippen molar-refractivity contribution in [2.24, 2.45) is 0 Å². The molecule has 34 heavy (non-hydrogen) atoms. The summed E-state index contributed by atoms with van der Waals surface area (Å²) in [6.07, 6.45) is 1.72. The first-order valence-electron chi connectivity index (χ1n) is 11.3. The van der Waals surface area contributed by atoms with Gasteiger partial charge in [-0.15, -0.1) is 0 Å². The van der Waals surface area contributed by atoms with E-state index in [2.05, 4.69) is 10.00 Å². The number of non-ortho nitro benzene ring substituents is 1. The third-order valence-electron chi connectivity index (χ3n) is 6.18. The number of aryl methyl sites for hydroxylation is 1. The first-order chi connectivity index (χ1) is 16.5. The molecule has 5 rings (SSSR count). The Labute approximate surface area is 196 Å². The minimum Gasteiger partial charge on any atom is -0.368 e. The zero-order valence-electron chi connectivity index (χ0n) is 18.8. The Morgan fingerprint density at radius 3 is 2.50 bits per heavy atom. The van der Waals surface area contributed by atoms with Crippen molar-refractivity contribution in [2.75, 3.05) is 31.1 Å². The van der Waals surface area contributed by atoms with Gasteiger partial charge in [0.05, 0.1) is 27.8 Å². The van der Waals surface area contributed by atoms with Crippen LogP contribution in [0.3, 0.4) is 0 Å². The molecule has 0 radical (unpaired) electrons. The highest BCUT2D eigenvalue weighted by molar-refractivity contribution is 6.06. The number of hydrogen-bond donors (Lipinski definition) is 0. The van der Waals surface area contributed by atoms with E-state index in [0.717, 1.165) is 22.3 Å². The molecule has 0 atom stereocenters. The molecular weight excluding hydrogens is 432 g/mol. The van der Waals surface area contributed by atoms with Gasteiger partial charge >= 0.3 is 0 Å². The number of nitro groups is 1. The van der Waals surface area contributed by atoms with Gasteiger partial charge in [-0.2, -0.15) is 5.10 Å². The predicted molar refractivity (Wildman–Crippen MR) is 130 cm³/mol. The molecule has 0 unspecified atom stereocenters. The maximum Gasteiger partial charge on any atom is 0.271 e. The number of aromatic nitrogens is 3. The normalized spacial score (nSPS) is 13.9. The van der Waals surface area contributed by atoms with Gasteiger partial charge in [0.1, 0.15) is 0 Å². The zero-order valence-corrected chi connectivity index (χ0v) is 18.8. The highest BCUT2D eigenvalue weighted by Crippen LogP contribution is 2.27. The Morgan fingerprint density at radius 1 is 1.03 bits per heavy atom. The second-order valence-corrected chi connectivity index (χ2v) is 8.17. The van der Waals surface area contributed by atoms with Gasteiger partial charge in [0.25, 0.3) is 11.6 Å². The number of nitrogens with zero attached hydrogens (tertiary/aromatic N) is 6. The van der Waals surface area contributed by atoms with Gasteiger partial charge in [-0.25, -0.2) is 9.67 Å². The van der Waals surface area contributed by atoms with E-state index in [9.17, 15) is 14.9 Å². The van der Waals surface area contributed by atoms with Crippen LogP contribution in [0.4, 0.5) is 11.4 Å². The Balaban J connectivity index is 1.42. The number of amides is 1. The lowest BCUT2D eigenvalue weighted by Gasteiger charge is -2.36. The van der Waals surface area contributed by atoms with E-state index >= 15 is 0 Å². The molecule has 9 nitrogen and oxygen atoms in total. The number of carbonyl (C=O) groups excluding carboxylic acids is 1. The van der Waals surface area contributed by atoms with Crippen molar-refractivity contribution in [3.05, 3.63) is 82.5 Å². The van der Waals surface area contributed by atoms with Gasteiger partial charge < -0.3 is 9.80 Å². The van der Waals surface area contributed by atoms with Crippen molar-refractivity contribution in [1.82, 2.24) is 19.7 Å². The molecule has 1 saturated heterocycles. The van der Waals surface area contributed by atoms with Crippen molar-refractivity contribution in [2.45, 2.75) is 13.5 Å². The summed E-state index contributed by atoms with van der Waals surface area (Å²) >= 11 is 0. The highest BCUT2D eigenvalue weighted by Gasteiger charge is 2.26. The van der Waals surface area contributed by atoms with Crippen LogP contribution in [-0.2, 0) is 6.54 Å². The number of fused-ring (bicyclic) bond motifs is 1. The summed E-state index contributed by atoms with van der Waals surface area (Å²) < 4.78 is 1.80. The van der Waals surface area contributed by atoms with E-state index < -0.39 is 4.92 Å². The Hall–Kier alpha value is -4.27. The molecule has 9 heteroatoms. The Kier molecular flexibility index (Phi) is 5.67. The molecule has 1 amide bonds. The van der Waals surface area contributed by atoms with Crippen LogP contribution in [0.5, 0.6) is 0 Å². The third-order valence-corrected chi connectivity index (χ3v) is 6.18. The number of nitro benzene ring substituents is 1. The summed E-state index contributed by atoms with van der Waals surface area (Å²) in [5, 5.41) is 16.3. The average molecular weight is 457 g/mol. The quantitative estimate of drug-likeness (QED) is 0.333. The lowest BCUT2D eigenvalue weighted by atomic mass is 10.1. The number of anilines is 1. The zero-order chi connectivity index (χ0) is 23.7. The monoisotopic (exact) mass is 456 g/mol. The maximum absolute atomic E-state index is 13.6. The van der Waals surface area contributed by atoms with Crippen LogP contribution in [0.2, 0.25) is 0 Å². The standard InChI is InChI=1S/C25H24N6O3/c1-2-30-24-22(17-26-30)21(16-23(27-24)18-7-4-3-5-8-18)25(32)29-13-11-28(12-14-29)19-9-6-10-20(15-19)31(33)34/h3-10,15-17H,2,11-14H2,1H3. The summed E-state index contributed by atoms with van der Waals surface area (Å²) in [5.41, 5.74) is 3.83. The van der Waals surface area contributed by atoms with E-state index in [1.54, 1.807) is 23.0 Å². The van der Waals surface area contributed by atoms with Gasteiger partial charge in [-0.3, -0.25) is 14.9 Å². The molecule has 1 aliphatic rings. The second kappa shape index (κ2) is 8.93. The lowest BCUT2D eigenvalue weighted by Crippen LogP contribution is -2.48. The largest absolute Gasteiger partial charge is 0.368 e. The minimum absolute atomic E-state index is 0.0565. The fourth-order valence-electron chi connectivity index (χ4n) is 4.35. The van der Waals surface area contributed by atoms with Crippen LogP contribution in [0.15, 0.2) is 66.9 Å². The van der Waals surface area contributed by atoms with Crippen LogP contribution < -0.4 is 4.90 Å². The Bertz CT molecular complexity index is 1360. The number of hydrogen-bond acceptors (Lipinski definition) is 6. The fourth-order valence-corrected chi connectivity index (χ4v) is 4.35. The van der Waals surface area contributed by atoms with Crippen LogP contribution in [-0.4, -0.2) is 56.7 Å². The van der Waals surface area contributed by atoms with Crippen LogP contribution in [0.1, 0.15) is 17.3 Å². The van der Waals surface area contributed by atoms with Crippen LogP contribution in [0.25, 0.3) is 22.3 Å². The molecule has 3 heterocycles. The minimum atomic E-state index is -0.390. The van der Waals surface area contributed by atoms with Crippen molar-refractivity contribution in [3.8, 4) is 11.3 Å². The smallest absolute Gasteiger partial charge is 0.271 e. The third kappa shape index (κ3) is 3.96. The van der Waals surface area contributed by atoms with Gasteiger partial charge in [-0.1, -0.05) is 36.4 Å². The van der Waals surface area contributed by atoms with Crippen LogP contribution in [0, 0.1) is 10.1 Å². The Morgan fingerprint density at radius 2 is 1.79 bits per heavy atom. The SMILES string of the molecule is CCn1ncc2c(C(=O)N3CCN(c4cccc([N+](=O)[O-])c4)CC3)cc(-c3ccccc3)nc21. The molecule has 2 aromatic carbocycles. The van der Waals surface area contributed by atoms with Crippen molar-refractivity contribution in [1.29, 1.82) is 0 Å². The van der Waals surface area contributed by atoms with E-state index in [4.69, 9.17) is 4.98 Å². The molecule has 1 fully saturated rings. The predicted octanol–water partition coefficient (Wildman–Crippen LogP) is 3.99. The molecule has 0 N–H and O–H groups in total. The fraction of sp³-hybridized carbons (Fsp3) is 0.240. The lowest BCUT2D eigenvalue weighted by molar-refractivity contribution is -0.384. The van der Waals surface area contributed by atoms with Gasteiger partial charge in [0.2, 0.25) is 0 Å². The molecule has 0 saturated carbocycles. The van der Waals surface area contributed by atoms with E-state index in [1.807, 2.05) is 54.3 Å². The van der Waals surface area contributed by atoms with Crippen molar-refractivity contribution in [3.63, 3.8) is 0 Å². The molecular formula is C25H24N6O3. The number of pyridine rings is 1. The molecule has 4 aromatic rings. The number of benzene rings is 2. The maximum atomic E-state index is 13.6. The summed E-state index contributed by atoms with van der Waals surface area (Å²) in [4.78, 5) is 33.1. The topological polar surface area (TPSA) is 97.4 Å². The molecule has 1 aliphatic heterocycles. The summed E-state index contributed by atoms with van der Waals surface area (Å²) in [7, 11) is 0. The van der Waals surface area contributed by atoms with E-state index in [-0.39, 0.29) is 11.6 Å². The number of rotatable bonds is 5. The summed E-state index contributed by atoms with van der Waals surface area (Å²) in [6, 6.07) is 18.3. The van der Waals surface area contributed by atoms with Crippen molar-refractivity contribution < 1.29 is 9.72 Å². The molecule has 0 spiro atoms. The van der Waals surface area contributed by atoms with E-state index in [1.165, 1.54) is 6.07 Å². The average Bonchev–Trinajstić information content (AvgIpc) is 3.31. The first-order valence-corrected chi connectivity index (χ1v) is 11.3. The number of piperazine rings is 1. The highest BCUT2D eigenvalue weighted by atomic mass is 16.6. The first kappa shape index (κ1) is 21.6. The molecule has 2 aromatic heterocycles. The van der Waals surface area contributed by atoms with Crippen LogP contribution >= 0.6 is 0 Å². The summed E-state index contributed by atoms with van der Waals surface area (Å²) in [5.74, 6) is -0.0565. The number of carbonyl (C=O) groups is 1. The molecule has 0 bridgehead atoms.